The molecule has 0 aliphatic carbocycles. The van der Waals surface area contributed by atoms with Crippen molar-refractivity contribution < 1.29 is 4.39 Å². The molecule has 19 heavy (non-hydrogen) atoms. The van der Waals surface area contributed by atoms with E-state index in [-0.39, 0.29) is 17.9 Å². The Kier molecular flexibility index (Phi) is 4.51. The second-order valence-electron chi connectivity index (χ2n) is 4.57. The Hall–Kier alpha value is -1.45. The van der Waals surface area contributed by atoms with Gasteiger partial charge in [-0.3, -0.25) is 4.98 Å². The maximum Gasteiger partial charge on any atom is 0.141 e. The molecular formula is C15H16ClFN2. The minimum atomic E-state index is -0.321. The van der Waals surface area contributed by atoms with Crippen molar-refractivity contribution in [1.29, 1.82) is 0 Å². The molecule has 1 heterocycles. The van der Waals surface area contributed by atoms with Gasteiger partial charge in [-0.05, 0) is 43.7 Å². The molecule has 0 fully saturated rings. The predicted molar refractivity (Wildman–Crippen MR) is 75.6 cm³/mol. The van der Waals surface area contributed by atoms with Crippen LogP contribution in [0.1, 0.15) is 37.2 Å². The summed E-state index contributed by atoms with van der Waals surface area (Å²) in [7, 11) is 0. The van der Waals surface area contributed by atoms with E-state index in [1.54, 1.807) is 6.07 Å². The average Bonchev–Trinajstić information content (AvgIpc) is 2.39. The second kappa shape index (κ2) is 6.13. The highest BCUT2D eigenvalue weighted by Crippen LogP contribution is 2.20. The monoisotopic (exact) mass is 278 g/mol. The van der Waals surface area contributed by atoms with Crippen molar-refractivity contribution in [3.8, 4) is 0 Å². The lowest BCUT2D eigenvalue weighted by Gasteiger charge is -2.20. The maximum absolute atomic E-state index is 12.8. The number of nitrogens with one attached hydrogen (secondary N) is 1. The molecule has 0 spiro atoms. The average molecular weight is 279 g/mol. The first-order valence-electron chi connectivity index (χ1n) is 6.19. The summed E-state index contributed by atoms with van der Waals surface area (Å²) in [6, 6.07) is 11.0. The first-order chi connectivity index (χ1) is 9.06. The lowest BCUT2D eigenvalue weighted by Crippen LogP contribution is -2.23. The number of aromatic nitrogens is 1. The van der Waals surface area contributed by atoms with Gasteiger partial charge >= 0.3 is 0 Å². The van der Waals surface area contributed by atoms with Gasteiger partial charge in [-0.15, -0.1) is 0 Å². The highest BCUT2D eigenvalue weighted by Gasteiger charge is 2.12. The van der Waals surface area contributed by atoms with Crippen molar-refractivity contribution in [2.45, 2.75) is 25.9 Å². The molecule has 1 N–H and O–H groups in total. The molecular weight excluding hydrogens is 263 g/mol. The van der Waals surface area contributed by atoms with E-state index in [9.17, 15) is 4.39 Å². The van der Waals surface area contributed by atoms with Gasteiger partial charge in [0.1, 0.15) is 5.82 Å². The summed E-state index contributed by atoms with van der Waals surface area (Å²) >= 11 is 5.98. The van der Waals surface area contributed by atoms with Crippen LogP contribution in [0, 0.1) is 5.82 Å². The molecule has 2 rings (SSSR count). The fourth-order valence-corrected chi connectivity index (χ4v) is 2.17. The SMILES string of the molecule is CC(N[C@H](C)c1cccc(Cl)c1)c1ccc(F)cn1. The Balaban J connectivity index is 2.06. The molecule has 2 atom stereocenters. The van der Waals surface area contributed by atoms with Crippen LogP contribution in [0.25, 0.3) is 0 Å². The molecule has 0 saturated heterocycles. The highest BCUT2D eigenvalue weighted by atomic mass is 35.5. The molecule has 1 unspecified atom stereocenters. The Bertz CT molecular complexity index is 542. The quantitative estimate of drug-likeness (QED) is 0.903. The lowest BCUT2D eigenvalue weighted by atomic mass is 10.1. The van der Waals surface area contributed by atoms with Gasteiger partial charge in [0.05, 0.1) is 11.9 Å². The molecule has 2 aromatic rings. The molecule has 1 aromatic heterocycles. The molecule has 2 nitrogen and oxygen atoms in total. The summed E-state index contributed by atoms with van der Waals surface area (Å²) in [5.74, 6) is -0.321. The molecule has 0 aliphatic rings. The van der Waals surface area contributed by atoms with Gasteiger partial charge in [-0.1, -0.05) is 23.7 Å². The van der Waals surface area contributed by atoms with Crippen LogP contribution in [0.3, 0.4) is 0 Å². The summed E-state index contributed by atoms with van der Waals surface area (Å²) in [5.41, 5.74) is 1.93. The van der Waals surface area contributed by atoms with E-state index in [2.05, 4.69) is 17.2 Å². The number of benzene rings is 1. The minimum absolute atomic E-state index is 0.0366. The fraction of sp³-hybridized carbons (Fsp3) is 0.267. The van der Waals surface area contributed by atoms with Gasteiger partial charge < -0.3 is 5.32 Å². The van der Waals surface area contributed by atoms with Gasteiger partial charge in [-0.2, -0.15) is 0 Å². The Morgan fingerprint density at radius 2 is 1.95 bits per heavy atom. The number of pyridine rings is 1. The van der Waals surface area contributed by atoms with Crippen LogP contribution < -0.4 is 5.32 Å². The van der Waals surface area contributed by atoms with Crippen molar-refractivity contribution in [2.24, 2.45) is 0 Å². The zero-order chi connectivity index (χ0) is 13.8. The van der Waals surface area contributed by atoms with Gasteiger partial charge in [0, 0.05) is 17.1 Å². The summed E-state index contributed by atoms with van der Waals surface area (Å²) in [6.07, 6.45) is 1.23. The Labute approximate surface area is 117 Å². The standard InChI is InChI=1S/C15H16ClFN2/c1-10(12-4-3-5-13(16)8-12)19-11(2)15-7-6-14(17)9-18-15/h3-11,19H,1-2H3/t10-,11?/m1/s1. The smallest absolute Gasteiger partial charge is 0.141 e. The maximum atomic E-state index is 12.8. The number of hydrogen-bond acceptors (Lipinski definition) is 2. The van der Waals surface area contributed by atoms with Crippen molar-refractivity contribution in [3.05, 3.63) is 64.7 Å². The van der Waals surface area contributed by atoms with E-state index in [0.29, 0.717) is 0 Å². The van der Waals surface area contributed by atoms with Crippen LogP contribution >= 0.6 is 11.6 Å². The molecule has 4 heteroatoms. The van der Waals surface area contributed by atoms with Gasteiger partial charge in [-0.25, -0.2) is 4.39 Å². The van der Waals surface area contributed by atoms with Crippen LogP contribution in [0.2, 0.25) is 5.02 Å². The molecule has 0 aliphatic heterocycles. The summed E-state index contributed by atoms with van der Waals surface area (Å²) in [5, 5.41) is 4.14. The van der Waals surface area contributed by atoms with Crippen molar-refractivity contribution in [3.63, 3.8) is 0 Å². The number of rotatable bonds is 4. The first-order valence-corrected chi connectivity index (χ1v) is 6.57. The van der Waals surface area contributed by atoms with E-state index in [1.165, 1.54) is 12.3 Å². The molecule has 1 aromatic carbocycles. The molecule has 100 valence electrons. The second-order valence-corrected chi connectivity index (χ2v) is 5.00. The largest absolute Gasteiger partial charge is 0.302 e. The Morgan fingerprint density at radius 1 is 1.16 bits per heavy atom. The summed E-state index contributed by atoms with van der Waals surface area (Å²) in [6.45, 7) is 4.06. The van der Waals surface area contributed by atoms with Gasteiger partial charge in [0.15, 0.2) is 0 Å². The van der Waals surface area contributed by atoms with Crippen molar-refractivity contribution >= 4 is 11.6 Å². The number of halogens is 2. The zero-order valence-corrected chi connectivity index (χ0v) is 11.7. The van der Waals surface area contributed by atoms with E-state index in [0.717, 1.165) is 16.3 Å². The molecule has 0 radical (unpaired) electrons. The van der Waals surface area contributed by atoms with Crippen LogP contribution in [0.15, 0.2) is 42.6 Å². The number of nitrogens with zero attached hydrogens (tertiary/aromatic N) is 1. The van der Waals surface area contributed by atoms with E-state index in [1.807, 2.05) is 31.2 Å². The molecule has 0 saturated carbocycles. The topological polar surface area (TPSA) is 24.9 Å². The Morgan fingerprint density at radius 3 is 2.58 bits per heavy atom. The highest BCUT2D eigenvalue weighted by molar-refractivity contribution is 6.30. The van der Waals surface area contributed by atoms with Gasteiger partial charge in [0.2, 0.25) is 0 Å². The molecule has 0 amide bonds. The van der Waals surface area contributed by atoms with Crippen LogP contribution in [-0.2, 0) is 0 Å². The first kappa shape index (κ1) is 14.0. The number of hydrogen-bond donors (Lipinski definition) is 1. The van der Waals surface area contributed by atoms with Crippen molar-refractivity contribution in [1.82, 2.24) is 10.3 Å². The molecule has 0 bridgehead atoms. The third-order valence-electron chi connectivity index (χ3n) is 3.04. The summed E-state index contributed by atoms with van der Waals surface area (Å²) < 4.78 is 12.8. The van der Waals surface area contributed by atoms with E-state index >= 15 is 0 Å². The van der Waals surface area contributed by atoms with E-state index < -0.39 is 0 Å². The van der Waals surface area contributed by atoms with Gasteiger partial charge in [0.25, 0.3) is 0 Å². The van der Waals surface area contributed by atoms with Crippen LogP contribution in [0.5, 0.6) is 0 Å². The predicted octanol–water partition coefficient (Wildman–Crippen LogP) is 4.29. The van der Waals surface area contributed by atoms with Crippen molar-refractivity contribution in [2.75, 3.05) is 0 Å². The third-order valence-corrected chi connectivity index (χ3v) is 3.28. The summed E-state index contributed by atoms with van der Waals surface area (Å²) in [4.78, 5) is 4.08. The fourth-order valence-electron chi connectivity index (χ4n) is 1.98. The van der Waals surface area contributed by atoms with Crippen LogP contribution in [-0.4, -0.2) is 4.98 Å². The zero-order valence-electron chi connectivity index (χ0n) is 10.9. The van der Waals surface area contributed by atoms with E-state index in [4.69, 9.17) is 11.6 Å². The third kappa shape index (κ3) is 3.75. The normalized spacial score (nSPS) is 14.1. The lowest BCUT2D eigenvalue weighted by molar-refractivity contribution is 0.484. The van der Waals surface area contributed by atoms with Crippen LogP contribution in [0.4, 0.5) is 4.39 Å². The minimum Gasteiger partial charge on any atom is -0.302 e.